The summed E-state index contributed by atoms with van der Waals surface area (Å²) in [4.78, 5) is 34.5. The number of halogens is 1. The number of aromatic nitrogens is 6. The number of aryl methyl sites for hydroxylation is 4. The Kier molecular flexibility index (Phi) is 11.6. The number of fused-ring (bicyclic) bond motifs is 2. The molecular formula is C42H56B3IN6O10. The van der Waals surface area contributed by atoms with Gasteiger partial charge in [-0.15, -0.1) is 0 Å². The first-order chi connectivity index (χ1) is 28.5. The van der Waals surface area contributed by atoms with Crippen molar-refractivity contribution in [3.8, 4) is 22.3 Å². The summed E-state index contributed by atoms with van der Waals surface area (Å²) in [7, 11) is -1.54. The van der Waals surface area contributed by atoms with Gasteiger partial charge >= 0.3 is 32.5 Å². The van der Waals surface area contributed by atoms with Gasteiger partial charge in [0, 0.05) is 20.2 Å². The average molecular weight is 964 g/mol. The molecule has 0 unspecified atom stereocenters. The molecule has 0 saturated carbocycles. The lowest BCUT2D eigenvalue weighted by Gasteiger charge is -2.32. The Bertz CT molecular complexity index is 2660. The SMILES string of the molecule is CC1(C)OB(B2OC(C)(C)C(C)(C)O2)OC1(C)C.Cc1noc(C)c1-c1cc(B2OC(C)(C)C(C)(C)O2)c2[nH]c(=O)[nH]c2c1.Cc1noc(C)c1-c1cc(I)c2[nH]c(=O)[nH]c2c1. The number of H-pyrrole nitrogens is 4. The van der Waals surface area contributed by atoms with Crippen molar-refractivity contribution in [2.45, 2.75) is 144 Å². The van der Waals surface area contributed by atoms with E-state index in [9.17, 15) is 9.59 Å². The average Bonchev–Trinajstić information content (AvgIpc) is 3.98. The van der Waals surface area contributed by atoms with Crippen LogP contribution in [0, 0.1) is 31.3 Å². The van der Waals surface area contributed by atoms with Gasteiger partial charge in [0.25, 0.3) is 0 Å². The van der Waals surface area contributed by atoms with Crippen LogP contribution in [-0.2, 0) is 27.9 Å². The maximum atomic E-state index is 11.9. The molecule has 330 valence electrons. The van der Waals surface area contributed by atoms with Crippen LogP contribution in [0.1, 0.15) is 106 Å². The lowest BCUT2D eigenvalue weighted by atomic mass is 9.49. The van der Waals surface area contributed by atoms with Gasteiger partial charge in [0.1, 0.15) is 11.5 Å². The molecule has 4 aromatic heterocycles. The minimum atomic E-state index is -0.589. The lowest BCUT2D eigenvalue weighted by Crippen LogP contribution is -2.41. The van der Waals surface area contributed by atoms with E-state index in [1.807, 2.05) is 135 Å². The minimum Gasteiger partial charge on any atom is -0.405 e. The third-order valence-electron chi connectivity index (χ3n) is 13.1. The predicted octanol–water partition coefficient (Wildman–Crippen LogP) is 7.41. The van der Waals surface area contributed by atoms with Crippen molar-refractivity contribution in [2.24, 2.45) is 0 Å². The molecule has 16 nitrogen and oxygen atoms in total. The van der Waals surface area contributed by atoms with Crippen LogP contribution < -0.4 is 16.8 Å². The maximum Gasteiger partial charge on any atom is 0.497 e. The van der Waals surface area contributed by atoms with Gasteiger partial charge in [-0.1, -0.05) is 16.4 Å². The molecule has 0 aliphatic carbocycles. The maximum absolute atomic E-state index is 11.9. The number of nitrogens with zero attached hydrogens (tertiary/aromatic N) is 2. The highest BCUT2D eigenvalue weighted by molar-refractivity contribution is 14.1. The van der Waals surface area contributed by atoms with Gasteiger partial charge < -0.3 is 56.9 Å². The Morgan fingerprint density at radius 1 is 0.500 bits per heavy atom. The van der Waals surface area contributed by atoms with Crippen LogP contribution in [-0.4, -0.2) is 85.0 Å². The predicted molar refractivity (Wildman–Crippen MR) is 248 cm³/mol. The fraction of sp³-hybridized carbons (Fsp3) is 0.524. The van der Waals surface area contributed by atoms with Crippen molar-refractivity contribution < 1.29 is 37.0 Å². The Balaban J connectivity index is 0.000000144. The smallest absolute Gasteiger partial charge is 0.405 e. The van der Waals surface area contributed by atoms with Crippen LogP contribution >= 0.6 is 22.6 Å². The van der Waals surface area contributed by atoms with E-state index in [0.29, 0.717) is 11.0 Å². The van der Waals surface area contributed by atoms with Gasteiger partial charge in [0.15, 0.2) is 0 Å². The first kappa shape index (κ1) is 46.1. The Hall–Kier alpha value is -3.92. The first-order valence-electron chi connectivity index (χ1n) is 20.6. The number of aromatic amines is 4. The lowest BCUT2D eigenvalue weighted by molar-refractivity contribution is 0.00578. The number of nitrogens with one attached hydrogen (secondary N) is 4. The quantitative estimate of drug-likeness (QED) is 0.101. The Morgan fingerprint density at radius 2 is 0.855 bits per heavy atom. The van der Waals surface area contributed by atoms with Crippen molar-refractivity contribution in [1.82, 2.24) is 30.2 Å². The molecule has 2 aromatic carbocycles. The zero-order chi connectivity index (χ0) is 45.7. The van der Waals surface area contributed by atoms with Crippen LogP contribution in [0.4, 0.5) is 0 Å². The summed E-state index contributed by atoms with van der Waals surface area (Å²) in [6, 6.07) is 7.83. The molecule has 4 N–H and O–H groups in total. The summed E-state index contributed by atoms with van der Waals surface area (Å²) in [5.41, 5.74) is 6.35. The van der Waals surface area contributed by atoms with E-state index in [0.717, 1.165) is 65.2 Å². The second-order valence-electron chi connectivity index (χ2n) is 19.3. The summed E-state index contributed by atoms with van der Waals surface area (Å²) in [6.07, 6.45) is 0. The molecule has 62 heavy (non-hydrogen) atoms. The number of hydrogen-bond donors (Lipinski definition) is 4. The van der Waals surface area contributed by atoms with Crippen LogP contribution in [0.2, 0.25) is 0 Å². The highest BCUT2D eigenvalue weighted by Gasteiger charge is 2.63. The monoisotopic (exact) mass is 964 g/mol. The number of imidazole rings is 2. The first-order valence-corrected chi connectivity index (χ1v) is 21.7. The van der Waals surface area contributed by atoms with Crippen molar-refractivity contribution >= 4 is 71.3 Å². The van der Waals surface area contributed by atoms with Gasteiger partial charge in [-0.2, -0.15) is 0 Å². The third kappa shape index (κ3) is 8.31. The van der Waals surface area contributed by atoms with E-state index in [4.69, 9.17) is 37.0 Å². The largest absolute Gasteiger partial charge is 0.497 e. The van der Waals surface area contributed by atoms with Gasteiger partial charge in [-0.3, -0.25) is 0 Å². The highest BCUT2D eigenvalue weighted by Crippen LogP contribution is 2.43. The van der Waals surface area contributed by atoms with Gasteiger partial charge in [-0.05, 0) is 163 Å². The van der Waals surface area contributed by atoms with E-state index < -0.39 is 32.3 Å². The van der Waals surface area contributed by atoms with Gasteiger partial charge in [0.2, 0.25) is 0 Å². The third-order valence-corrected chi connectivity index (χ3v) is 14.0. The van der Waals surface area contributed by atoms with E-state index in [1.165, 1.54) is 0 Å². The molecule has 0 atom stereocenters. The van der Waals surface area contributed by atoms with Crippen molar-refractivity contribution in [2.75, 3.05) is 0 Å². The number of benzene rings is 2. The van der Waals surface area contributed by atoms with E-state index in [1.54, 1.807) is 0 Å². The molecule has 0 spiro atoms. The Morgan fingerprint density at radius 3 is 1.24 bits per heavy atom. The molecule has 0 radical (unpaired) electrons. The van der Waals surface area contributed by atoms with Crippen LogP contribution in [0.15, 0.2) is 42.9 Å². The fourth-order valence-corrected chi connectivity index (χ4v) is 8.26. The van der Waals surface area contributed by atoms with E-state index in [2.05, 4.69) is 52.8 Å². The molecule has 3 aliphatic heterocycles. The van der Waals surface area contributed by atoms with Gasteiger partial charge in [0.05, 0.1) is 67.1 Å². The number of rotatable bonds is 4. The van der Waals surface area contributed by atoms with Crippen molar-refractivity contribution in [1.29, 1.82) is 0 Å². The van der Waals surface area contributed by atoms with E-state index >= 15 is 0 Å². The summed E-state index contributed by atoms with van der Waals surface area (Å²) < 4.78 is 47.7. The molecule has 9 rings (SSSR count). The zero-order valence-corrected chi connectivity index (χ0v) is 40.6. The topological polar surface area (TPSA) is 205 Å². The summed E-state index contributed by atoms with van der Waals surface area (Å²) in [6.45, 7) is 31.8. The molecule has 20 heteroatoms. The second-order valence-corrected chi connectivity index (χ2v) is 20.4. The molecule has 6 aromatic rings. The molecule has 0 bridgehead atoms. The summed E-state index contributed by atoms with van der Waals surface area (Å²) in [5.74, 6) is 1.50. The van der Waals surface area contributed by atoms with Crippen LogP contribution in [0.25, 0.3) is 44.3 Å². The molecule has 0 amide bonds. The normalized spacial score (nSPS) is 20.4. The summed E-state index contributed by atoms with van der Waals surface area (Å²) >= 11 is 2.20. The standard InChI is InChI=1S/C18H22BN3O4.C12H24B2O4.C12H10IN3O2/c1-9-14(10(2)24-22-9)11-7-12(15-13(8-11)20-16(23)21-15)19-25-17(3,4)18(5,6)26-19;1-9(2)10(3,4)16-13(15-9)14-17-11(5,6)12(7,8)18-14;1-5-10(6(2)18-16-5)7-3-8(13)11-9(4-7)14-12(17)15-11/h7-8H,1-6H3,(H2,20,21,23);1-8H3;3-4H,1-2H3,(H2,14,15,17). The zero-order valence-electron chi connectivity index (χ0n) is 38.4. The fourth-order valence-electron chi connectivity index (χ4n) is 7.50. The molecule has 3 aliphatic rings. The molecular weight excluding hydrogens is 908 g/mol. The van der Waals surface area contributed by atoms with E-state index in [-0.39, 0.29) is 33.8 Å². The van der Waals surface area contributed by atoms with Gasteiger partial charge in [-0.25, -0.2) is 9.59 Å². The molecule has 7 heterocycles. The van der Waals surface area contributed by atoms with Crippen molar-refractivity contribution in [3.05, 3.63) is 71.7 Å². The van der Waals surface area contributed by atoms with Crippen LogP contribution in [0.5, 0.6) is 0 Å². The van der Waals surface area contributed by atoms with Crippen molar-refractivity contribution in [3.63, 3.8) is 0 Å². The molecule has 3 saturated heterocycles. The van der Waals surface area contributed by atoms with Crippen LogP contribution in [0.3, 0.4) is 0 Å². The summed E-state index contributed by atoms with van der Waals surface area (Å²) in [5, 5.41) is 7.98. The minimum absolute atomic E-state index is 0.196. The Labute approximate surface area is 375 Å². The number of hydrogen-bond acceptors (Lipinski definition) is 12. The highest BCUT2D eigenvalue weighted by atomic mass is 127. The molecule has 3 fully saturated rings. The second kappa shape index (κ2) is 15.7.